The van der Waals surface area contributed by atoms with Crippen LogP contribution in [0, 0.1) is 45.8 Å². The van der Waals surface area contributed by atoms with Gasteiger partial charge in [-0.1, -0.05) is 76.2 Å². The molecule has 0 nitrogen and oxygen atoms in total. The van der Waals surface area contributed by atoms with E-state index in [4.69, 9.17) is 0 Å². The van der Waals surface area contributed by atoms with Gasteiger partial charge in [0.1, 0.15) is 0 Å². The Morgan fingerprint density at radius 1 is 0.579 bits per heavy atom. The fourth-order valence-electron chi connectivity index (χ4n) is 6.44. The van der Waals surface area contributed by atoms with Crippen molar-refractivity contribution >= 4 is 0 Å². The summed E-state index contributed by atoms with van der Waals surface area (Å²) in [4.78, 5) is 0. The Morgan fingerprint density at radius 3 is 1.05 bits per heavy atom. The van der Waals surface area contributed by atoms with Crippen molar-refractivity contribution in [3.05, 3.63) is 0 Å². The average Bonchev–Trinajstić information content (AvgIpc) is 2.08. The Morgan fingerprint density at radius 2 is 0.842 bits per heavy atom. The second-order valence-corrected chi connectivity index (χ2v) is 10.1. The molecule has 0 aliphatic heterocycles. The SMILES string of the molecule is CC1C(C)[C@H](C(C)(C)C)C(C)(C)C(C(C)(C)C)[C@@H]1C. The number of hydrogen-bond acceptors (Lipinski definition) is 0. The van der Waals surface area contributed by atoms with Gasteiger partial charge >= 0.3 is 0 Å². The molecule has 3 unspecified atom stereocenters. The van der Waals surface area contributed by atoms with Crippen LogP contribution < -0.4 is 0 Å². The molecule has 0 aromatic rings. The lowest BCUT2D eigenvalue weighted by Gasteiger charge is -2.62. The van der Waals surface area contributed by atoms with Crippen LogP contribution in [0.4, 0.5) is 0 Å². The fourth-order valence-corrected chi connectivity index (χ4v) is 6.44. The minimum absolute atomic E-state index is 0.390. The summed E-state index contributed by atoms with van der Waals surface area (Å²) < 4.78 is 0. The predicted molar refractivity (Wildman–Crippen MR) is 87.2 cm³/mol. The molecule has 1 saturated carbocycles. The molecule has 19 heavy (non-hydrogen) atoms. The molecular weight excluding hydrogens is 228 g/mol. The molecule has 0 N–H and O–H groups in total. The van der Waals surface area contributed by atoms with Crippen LogP contribution in [0.2, 0.25) is 0 Å². The summed E-state index contributed by atoms with van der Waals surface area (Å²) in [6.45, 7) is 27.2. The Kier molecular flexibility index (Phi) is 4.29. The molecule has 1 aliphatic rings. The van der Waals surface area contributed by atoms with Crippen molar-refractivity contribution in [2.24, 2.45) is 45.8 Å². The van der Waals surface area contributed by atoms with Crippen molar-refractivity contribution in [3.63, 3.8) is 0 Å². The molecule has 0 heterocycles. The first-order chi connectivity index (χ1) is 8.22. The first-order valence-electron chi connectivity index (χ1n) is 8.22. The highest BCUT2D eigenvalue weighted by atomic mass is 14.6. The van der Waals surface area contributed by atoms with Crippen LogP contribution in [0.5, 0.6) is 0 Å². The molecular formula is C19H38. The summed E-state index contributed by atoms with van der Waals surface area (Å²) in [6.07, 6.45) is 0. The van der Waals surface area contributed by atoms with Gasteiger partial charge in [-0.2, -0.15) is 0 Å². The van der Waals surface area contributed by atoms with Crippen molar-refractivity contribution in [1.82, 2.24) is 0 Å². The molecule has 0 aromatic carbocycles. The van der Waals surface area contributed by atoms with Gasteiger partial charge in [-0.15, -0.1) is 0 Å². The van der Waals surface area contributed by atoms with Gasteiger partial charge in [-0.25, -0.2) is 0 Å². The highest BCUT2D eigenvalue weighted by Crippen LogP contribution is 2.62. The van der Waals surface area contributed by atoms with Crippen LogP contribution in [0.1, 0.15) is 76.2 Å². The van der Waals surface area contributed by atoms with E-state index in [1.165, 1.54) is 0 Å². The molecule has 0 heteroatoms. The molecule has 5 atom stereocenters. The van der Waals surface area contributed by atoms with E-state index < -0.39 is 0 Å². The highest BCUT2D eigenvalue weighted by Gasteiger charge is 2.56. The van der Waals surface area contributed by atoms with Crippen molar-refractivity contribution in [2.75, 3.05) is 0 Å². The molecule has 0 radical (unpaired) electrons. The van der Waals surface area contributed by atoms with E-state index in [1.807, 2.05) is 0 Å². The predicted octanol–water partition coefficient (Wildman–Crippen LogP) is 6.26. The summed E-state index contributed by atoms with van der Waals surface area (Å²) in [5, 5.41) is 0. The second-order valence-electron chi connectivity index (χ2n) is 10.1. The fraction of sp³-hybridized carbons (Fsp3) is 1.00. The van der Waals surface area contributed by atoms with Crippen molar-refractivity contribution in [1.29, 1.82) is 0 Å². The van der Waals surface area contributed by atoms with E-state index in [-0.39, 0.29) is 0 Å². The van der Waals surface area contributed by atoms with E-state index in [0.29, 0.717) is 16.2 Å². The quantitative estimate of drug-likeness (QED) is 0.485. The maximum Gasteiger partial charge on any atom is -0.0282 e. The molecule has 1 aliphatic carbocycles. The summed E-state index contributed by atoms with van der Waals surface area (Å²) in [7, 11) is 0. The zero-order valence-electron chi connectivity index (χ0n) is 15.4. The van der Waals surface area contributed by atoms with Crippen LogP contribution in [-0.2, 0) is 0 Å². The molecule has 0 aromatic heterocycles. The minimum atomic E-state index is 0.390. The topological polar surface area (TPSA) is 0 Å². The third-order valence-electron chi connectivity index (χ3n) is 6.18. The van der Waals surface area contributed by atoms with Gasteiger partial charge in [0.05, 0.1) is 0 Å². The van der Waals surface area contributed by atoms with Crippen molar-refractivity contribution in [3.8, 4) is 0 Å². The number of rotatable bonds is 0. The molecule has 0 spiro atoms. The largest absolute Gasteiger partial charge is 0.0620 e. The standard InChI is InChI=1S/C19H38/c1-12-13(2)15(17(4,5)6)19(10,11)16(14(12)3)18(7,8)9/h12-16H,1-11H3/t12?,13-,14?,15?,16-/m1/s1. The van der Waals surface area contributed by atoms with Gasteiger partial charge < -0.3 is 0 Å². The van der Waals surface area contributed by atoms with Gasteiger partial charge in [0.15, 0.2) is 0 Å². The third-order valence-corrected chi connectivity index (χ3v) is 6.18. The van der Waals surface area contributed by atoms with Crippen molar-refractivity contribution in [2.45, 2.75) is 76.2 Å². The van der Waals surface area contributed by atoms with Gasteiger partial charge in [0, 0.05) is 0 Å². The molecule has 1 rings (SSSR count). The highest BCUT2D eigenvalue weighted by molar-refractivity contribution is 5.04. The van der Waals surface area contributed by atoms with Gasteiger partial charge in [-0.3, -0.25) is 0 Å². The van der Waals surface area contributed by atoms with Gasteiger partial charge in [0.2, 0.25) is 0 Å². The first kappa shape index (κ1) is 17.1. The molecule has 1 fully saturated rings. The maximum absolute atomic E-state index is 2.54. The molecule has 114 valence electrons. The van der Waals surface area contributed by atoms with Gasteiger partial charge in [0.25, 0.3) is 0 Å². The van der Waals surface area contributed by atoms with Crippen LogP contribution in [0.15, 0.2) is 0 Å². The van der Waals surface area contributed by atoms with E-state index >= 15 is 0 Å². The summed E-state index contributed by atoms with van der Waals surface area (Å²) in [6, 6.07) is 0. The zero-order chi connectivity index (χ0) is 15.4. The normalized spacial score (nSPS) is 40.3. The van der Waals surface area contributed by atoms with E-state index in [2.05, 4.69) is 76.2 Å². The minimum Gasteiger partial charge on any atom is -0.0620 e. The Balaban J connectivity index is 3.35. The Hall–Kier alpha value is 0. The summed E-state index contributed by atoms with van der Waals surface area (Å²) >= 11 is 0. The Bertz CT molecular complexity index is 280. The zero-order valence-corrected chi connectivity index (χ0v) is 15.4. The van der Waals surface area contributed by atoms with Crippen LogP contribution in [-0.4, -0.2) is 0 Å². The van der Waals surface area contributed by atoms with E-state index in [0.717, 1.165) is 29.6 Å². The maximum atomic E-state index is 2.54. The first-order valence-corrected chi connectivity index (χ1v) is 8.22. The second kappa shape index (κ2) is 4.78. The molecule has 0 saturated heterocycles. The van der Waals surface area contributed by atoms with Crippen LogP contribution in [0.25, 0.3) is 0 Å². The van der Waals surface area contributed by atoms with E-state index in [9.17, 15) is 0 Å². The van der Waals surface area contributed by atoms with Crippen molar-refractivity contribution < 1.29 is 0 Å². The van der Waals surface area contributed by atoms with Crippen LogP contribution >= 0.6 is 0 Å². The lowest BCUT2D eigenvalue weighted by Crippen LogP contribution is -2.56. The average molecular weight is 267 g/mol. The lowest BCUT2D eigenvalue weighted by atomic mass is 9.43. The monoisotopic (exact) mass is 266 g/mol. The van der Waals surface area contributed by atoms with Crippen LogP contribution in [0.3, 0.4) is 0 Å². The smallest absolute Gasteiger partial charge is 0.0282 e. The summed E-state index contributed by atoms with van der Waals surface area (Å²) in [5.41, 5.74) is 1.18. The summed E-state index contributed by atoms with van der Waals surface area (Å²) in [5.74, 6) is 4.01. The molecule has 0 amide bonds. The Labute approximate surface area is 122 Å². The molecule has 0 bridgehead atoms. The van der Waals surface area contributed by atoms with E-state index in [1.54, 1.807) is 0 Å². The third kappa shape index (κ3) is 2.88. The lowest BCUT2D eigenvalue weighted by molar-refractivity contribution is -0.139. The number of hydrogen-bond donors (Lipinski definition) is 0. The van der Waals surface area contributed by atoms with Gasteiger partial charge in [-0.05, 0) is 45.8 Å².